The molecule has 0 saturated heterocycles. The summed E-state index contributed by atoms with van der Waals surface area (Å²) in [6.45, 7) is 0. The zero-order chi connectivity index (χ0) is 8.97. The quantitative estimate of drug-likeness (QED) is 0.730. The Bertz CT molecular complexity index is 319. The predicted octanol–water partition coefficient (Wildman–Crippen LogP) is 2.44. The van der Waals surface area contributed by atoms with E-state index in [0.29, 0.717) is 18.4 Å². The molecule has 1 aromatic rings. The first kappa shape index (κ1) is 9.14. The van der Waals surface area contributed by atoms with E-state index in [0.717, 1.165) is 4.47 Å². The smallest absolute Gasteiger partial charge is 0.216 e. The Labute approximate surface area is 78.2 Å². The van der Waals surface area contributed by atoms with Gasteiger partial charge in [0.25, 0.3) is 0 Å². The van der Waals surface area contributed by atoms with Crippen molar-refractivity contribution in [2.45, 2.75) is 12.8 Å². The van der Waals surface area contributed by atoms with Gasteiger partial charge in [-0.1, -0.05) is 0 Å². The van der Waals surface area contributed by atoms with Crippen molar-refractivity contribution in [1.82, 2.24) is 4.98 Å². The van der Waals surface area contributed by atoms with E-state index < -0.39 is 5.95 Å². The van der Waals surface area contributed by atoms with Crippen LogP contribution in [0, 0.1) is 17.3 Å². The second kappa shape index (κ2) is 4.17. The van der Waals surface area contributed by atoms with Crippen LogP contribution in [0.4, 0.5) is 4.39 Å². The minimum Gasteiger partial charge on any atom is -0.227 e. The number of rotatable bonds is 2. The molecule has 2 nitrogen and oxygen atoms in total. The Morgan fingerprint density at radius 1 is 1.67 bits per heavy atom. The third-order valence-electron chi connectivity index (χ3n) is 1.38. The van der Waals surface area contributed by atoms with Gasteiger partial charge in [-0.25, -0.2) is 4.98 Å². The standard InChI is InChI=1S/C8H6BrFN2/c9-7-4-6(2-1-3-11)8(10)12-5-7/h4-5H,1-2H2. The molecule has 0 atom stereocenters. The van der Waals surface area contributed by atoms with Gasteiger partial charge < -0.3 is 0 Å². The molecule has 0 amide bonds. The molecule has 0 fully saturated rings. The Hall–Kier alpha value is -0.950. The van der Waals surface area contributed by atoms with E-state index in [-0.39, 0.29) is 0 Å². The van der Waals surface area contributed by atoms with Crippen molar-refractivity contribution in [2.75, 3.05) is 0 Å². The summed E-state index contributed by atoms with van der Waals surface area (Å²) in [5.41, 5.74) is 0.478. The highest BCUT2D eigenvalue weighted by molar-refractivity contribution is 9.10. The van der Waals surface area contributed by atoms with Crippen molar-refractivity contribution in [3.63, 3.8) is 0 Å². The lowest BCUT2D eigenvalue weighted by Crippen LogP contribution is -1.93. The lowest BCUT2D eigenvalue weighted by atomic mass is 10.2. The van der Waals surface area contributed by atoms with Crippen LogP contribution in [-0.2, 0) is 6.42 Å². The summed E-state index contributed by atoms with van der Waals surface area (Å²) in [5, 5.41) is 8.28. The number of aromatic nitrogens is 1. The summed E-state index contributed by atoms with van der Waals surface area (Å²) in [6.07, 6.45) is 2.12. The Morgan fingerprint density at radius 3 is 3.08 bits per heavy atom. The molecular weight excluding hydrogens is 223 g/mol. The average molecular weight is 229 g/mol. The maximum Gasteiger partial charge on any atom is 0.216 e. The zero-order valence-electron chi connectivity index (χ0n) is 6.22. The molecule has 0 N–H and O–H groups in total. The van der Waals surface area contributed by atoms with Crippen LogP contribution in [0.2, 0.25) is 0 Å². The van der Waals surface area contributed by atoms with Crippen LogP contribution in [0.25, 0.3) is 0 Å². The molecule has 1 heterocycles. The van der Waals surface area contributed by atoms with Crippen LogP contribution in [0.3, 0.4) is 0 Å². The number of nitriles is 1. The van der Waals surface area contributed by atoms with Gasteiger partial charge in [0.15, 0.2) is 0 Å². The molecule has 1 rings (SSSR count). The fourth-order valence-electron chi connectivity index (χ4n) is 0.830. The van der Waals surface area contributed by atoms with Gasteiger partial charge in [0.05, 0.1) is 6.07 Å². The van der Waals surface area contributed by atoms with Gasteiger partial charge in [-0.3, -0.25) is 0 Å². The van der Waals surface area contributed by atoms with Crippen LogP contribution in [0.1, 0.15) is 12.0 Å². The number of pyridine rings is 1. The van der Waals surface area contributed by atoms with E-state index in [1.54, 1.807) is 6.07 Å². The van der Waals surface area contributed by atoms with E-state index in [1.165, 1.54) is 6.20 Å². The lowest BCUT2D eigenvalue weighted by molar-refractivity contribution is 0.566. The molecule has 1 aromatic heterocycles. The number of hydrogen-bond donors (Lipinski definition) is 0. The largest absolute Gasteiger partial charge is 0.227 e. The van der Waals surface area contributed by atoms with E-state index in [4.69, 9.17) is 5.26 Å². The summed E-state index contributed by atoms with van der Waals surface area (Å²) in [5.74, 6) is -0.492. The second-order valence-corrected chi connectivity index (χ2v) is 3.18. The monoisotopic (exact) mass is 228 g/mol. The molecule has 0 spiro atoms. The van der Waals surface area contributed by atoms with E-state index in [9.17, 15) is 4.39 Å². The first-order chi connectivity index (χ1) is 5.74. The van der Waals surface area contributed by atoms with Crippen LogP contribution < -0.4 is 0 Å². The summed E-state index contributed by atoms with van der Waals surface area (Å²) < 4.78 is 13.6. The van der Waals surface area contributed by atoms with Gasteiger partial charge in [0.2, 0.25) is 5.95 Å². The first-order valence-corrected chi connectivity index (χ1v) is 4.20. The summed E-state index contributed by atoms with van der Waals surface area (Å²) in [7, 11) is 0. The van der Waals surface area contributed by atoms with Gasteiger partial charge in [-0.15, -0.1) is 0 Å². The Balaban J connectivity index is 2.84. The normalized spacial score (nSPS) is 9.42. The van der Waals surface area contributed by atoms with Crippen LogP contribution in [0.15, 0.2) is 16.7 Å². The summed E-state index contributed by atoms with van der Waals surface area (Å²) in [4.78, 5) is 3.51. The molecule has 0 aliphatic rings. The number of hydrogen-bond acceptors (Lipinski definition) is 2. The SMILES string of the molecule is N#CCCc1cc(Br)cnc1F. The van der Waals surface area contributed by atoms with Gasteiger partial charge >= 0.3 is 0 Å². The molecule has 0 bridgehead atoms. The predicted molar refractivity (Wildman–Crippen MR) is 45.8 cm³/mol. The summed E-state index contributed by atoms with van der Waals surface area (Å²) in [6, 6.07) is 3.59. The molecule has 0 aliphatic carbocycles. The number of aryl methyl sites for hydroxylation is 1. The zero-order valence-corrected chi connectivity index (χ0v) is 7.81. The minimum absolute atomic E-state index is 0.315. The van der Waals surface area contributed by atoms with Crippen molar-refractivity contribution in [1.29, 1.82) is 5.26 Å². The molecule has 62 valence electrons. The molecule has 0 radical (unpaired) electrons. The number of nitrogens with zero attached hydrogens (tertiary/aromatic N) is 2. The summed E-state index contributed by atoms with van der Waals surface area (Å²) >= 11 is 3.18. The fraction of sp³-hybridized carbons (Fsp3) is 0.250. The number of halogens is 2. The highest BCUT2D eigenvalue weighted by Crippen LogP contribution is 2.14. The molecule has 4 heteroatoms. The highest BCUT2D eigenvalue weighted by Gasteiger charge is 2.02. The van der Waals surface area contributed by atoms with Crippen LogP contribution in [0.5, 0.6) is 0 Å². The highest BCUT2D eigenvalue weighted by atomic mass is 79.9. The van der Waals surface area contributed by atoms with Crippen molar-refractivity contribution in [3.05, 3.63) is 28.2 Å². The van der Waals surface area contributed by atoms with Gasteiger partial charge in [0, 0.05) is 22.7 Å². The van der Waals surface area contributed by atoms with Crippen molar-refractivity contribution in [3.8, 4) is 6.07 Å². The van der Waals surface area contributed by atoms with Gasteiger partial charge in [0.1, 0.15) is 0 Å². The third-order valence-corrected chi connectivity index (χ3v) is 1.82. The Kier molecular flexibility index (Phi) is 3.18. The van der Waals surface area contributed by atoms with E-state index >= 15 is 0 Å². The van der Waals surface area contributed by atoms with Crippen molar-refractivity contribution in [2.24, 2.45) is 0 Å². The van der Waals surface area contributed by atoms with Crippen molar-refractivity contribution >= 4 is 15.9 Å². The lowest BCUT2D eigenvalue weighted by Gasteiger charge is -1.98. The van der Waals surface area contributed by atoms with Crippen LogP contribution in [-0.4, -0.2) is 4.98 Å². The van der Waals surface area contributed by atoms with Gasteiger partial charge in [-0.2, -0.15) is 9.65 Å². The third kappa shape index (κ3) is 2.28. The van der Waals surface area contributed by atoms with Crippen molar-refractivity contribution < 1.29 is 4.39 Å². The average Bonchev–Trinajstić information content (AvgIpc) is 2.07. The molecule has 0 unspecified atom stereocenters. The minimum atomic E-state index is -0.492. The second-order valence-electron chi connectivity index (χ2n) is 2.26. The molecule has 0 aliphatic heterocycles. The Morgan fingerprint density at radius 2 is 2.42 bits per heavy atom. The van der Waals surface area contributed by atoms with E-state index in [2.05, 4.69) is 20.9 Å². The van der Waals surface area contributed by atoms with E-state index in [1.807, 2.05) is 6.07 Å². The molecule has 0 saturated carbocycles. The molecular formula is C8H6BrFN2. The topological polar surface area (TPSA) is 36.7 Å². The fourth-order valence-corrected chi connectivity index (χ4v) is 1.21. The maximum atomic E-state index is 12.9. The van der Waals surface area contributed by atoms with Crippen LogP contribution >= 0.6 is 15.9 Å². The maximum absolute atomic E-state index is 12.9. The molecule has 12 heavy (non-hydrogen) atoms. The first-order valence-electron chi connectivity index (χ1n) is 3.41. The van der Waals surface area contributed by atoms with Gasteiger partial charge in [-0.05, 0) is 28.4 Å². The molecule has 0 aromatic carbocycles.